The molecule has 5 rings (SSSR count). The summed E-state index contributed by atoms with van der Waals surface area (Å²) in [5.74, 6) is 2.26. The van der Waals surface area contributed by atoms with Crippen LogP contribution in [0, 0.1) is 6.92 Å². The van der Waals surface area contributed by atoms with Crippen LogP contribution in [-0.2, 0) is 13.5 Å². The molecule has 0 fully saturated rings. The van der Waals surface area contributed by atoms with E-state index in [1.165, 1.54) is 9.75 Å². The van der Waals surface area contributed by atoms with Gasteiger partial charge in [0.1, 0.15) is 11.6 Å². The Hall–Kier alpha value is -3.59. The van der Waals surface area contributed by atoms with Crippen molar-refractivity contribution in [2.75, 3.05) is 5.32 Å². The van der Waals surface area contributed by atoms with Gasteiger partial charge in [0.25, 0.3) is 0 Å². The Bertz CT molecular complexity index is 1300. The van der Waals surface area contributed by atoms with E-state index in [0.717, 1.165) is 35.0 Å². The molecule has 0 aliphatic carbocycles. The van der Waals surface area contributed by atoms with Crippen LogP contribution in [0.5, 0.6) is 0 Å². The lowest BCUT2D eigenvalue weighted by Gasteiger charge is -2.07. The SMILES string of the molecule is Cc1ccc(Cc2nnc3cc(-c4ccnc(Nc5ccnn5C)n4)ccn23)s1. The summed E-state index contributed by atoms with van der Waals surface area (Å²) < 4.78 is 3.75. The lowest BCUT2D eigenvalue weighted by molar-refractivity contribution is 0.775. The fourth-order valence-corrected chi connectivity index (χ4v) is 4.03. The molecule has 5 aromatic rings. The van der Waals surface area contributed by atoms with Gasteiger partial charge in [0.15, 0.2) is 5.65 Å². The minimum Gasteiger partial charge on any atom is -0.309 e. The summed E-state index contributed by atoms with van der Waals surface area (Å²) >= 11 is 1.79. The predicted octanol–water partition coefficient (Wildman–Crippen LogP) is 3.62. The molecule has 0 atom stereocenters. The van der Waals surface area contributed by atoms with Gasteiger partial charge < -0.3 is 5.32 Å². The summed E-state index contributed by atoms with van der Waals surface area (Å²) in [6.45, 7) is 2.11. The first-order chi connectivity index (χ1) is 14.2. The number of hydrogen-bond donors (Lipinski definition) is 1. The molecule has 144 valence electrons. The molecule has 0 saturated carbocycles. The van der Waals surface area contributed by atoms with Crippen molar-refractivity contribution in [2.24, 2.45) is 7.05 Å². The highest BCUT2D eigenvalue weighted by atomic mass is 32.1. The second-order valence-corrected chi connectivity index (χ2v) is 8.05. The number of anilines is 2. The Morgan fingerprint density at radius 3 is 2.79 bits per heavy atom. The monoisotopic (exact) mass is 402 g/mol. The Morgan fingerprint density at radius 2 is 2.00 bits per heavy atom. The lowest BCUT2D eigenvalue weighted by atomic mass is 10.2. The number of hydrogen-bond acceptors (Lipinski definition) is 7. The number of fused-ring (bicyclic) bond motifs is 1. The van der Waals surface area contributed by atoms with E-state index in [4.69, 9.17) is 0 Å². The van der Waals surface area contributed by atoms with E-state index in [1.54, 1.807) is 28.4 Å². The quantitative estimate of drug-likeness (QED) is 0.483. The van der Waals surface area contributed by atoms with Crippen molar-refractivity contribution in [1.29, 1.82) is 0 Å². The fourth-order valence-electron chi connectivity index (χ4n) is 3.15. The largest absolute Gasteiger partial charge is 0.309 e. The molecule has 1 N–H and O–H groups in total. The number of pyridine rings is 1. The first kappa shape index (κ1) is 17.5. The van der Waals surface area contributed by atoms with E-state index in [9.17, 15) is 0 Å². The highest BCUT2D eigenvalue weighted by molar-refractivity contribution is 7.11. The molecule has 0 aromatic carbocycles. The van der Waals surface area contributed by atoms with Crippen LogP contribution in [0.2, 0.25) is 0 Å². The van der Waals surface area contributed by atoms with Crippen LogP contribution in [-0.4, -0.2) is 34.3 Å². The van der Waals surface area contributed by atoms with Crippen molar-refractivity contribution in [3.8, 4) is 11.3 Å². The number of aryl methyl sites for hydroxylation is 2. The highest BCUT2D eigenvalue weighted by Crippen LogP contribution is 2.22. The molecule has 29 heavy (non-hydrogen) atoms. The fraction of sp³-hybridized carbons (Fsp3) is 0.150. The van der Waals surface area contributed by atoms with Gasteiger partial charge in [-0.25, -0.2) is 9.97 Å². The van der Waals surface area contributed by atoms with Gasteiger partial charge in [-0.1, -0.05) is 0 Å². The van der Waals surface area contributed by atoms with E-state index in [2.05, 4.69) is 49.6 Å². The topological polar surface area (TPSA) is 85.8 Å². The summed E-state index contributed by atoms with van der Waals surface area (Å²) in [5, 5.41) is 16.0. The molecular weight excluding hydrogens is 384 g/mol. The molecule has 5 aromatic heterocycles. The molecule has 0 aliphatic rings. The van der Waals surface area contributed by atoms with E-state index in [-0.39, 0.29) is 0 Å². The summed E-state index contributed by atoms with van der Waals surface area (Å²) in [6.07, 6.45) is 6.22. The maximum atomic E-state index is 4.62. The van der Waals surface area contributed by atoms with Crippen LogP contribution < -0.4 is 5.32 Å². The molecule has 8 nitrogen and oxygen atoms in total. The zero-order valence-corrected chi connectivity index (χ0v) is 16.8. The summed E-state index contributed by atoms with van der Waals surface area (Å²) in [5.41, 5.74) is 2.56. The normalized spacial score (nSPS) is 11.2. The second-order valence-electron chi connectivity index (χ2n) is 6.68. The molecule has 0 amide bonds. The minimum absolute atomic E-state index is 0.515. The van der Waals surface area contributed by atoms with Crippen molar-refractivity contribution < 1.29 is 0 Å². The summed E-state index contributed by atoms with van der Waals surface area (Å²) in [7, 11) is 1.86. The van der Waals surface area contributed by atoms with E-state index in [1.807, 2.05) is 41.9 Å². The standard InChI is InChI=1S/C20H18N8S/c1-13-3-4-15(29-13)12-19-26-25-18-11-14(7-10-28(18)19)16-5-8-21-20(23-16)24-17-6-9-22-27(17)2/h3-11H,12H2,1-2H3,(H,21,23,24). The number of nitrogens with one attached hydrogen (secondary N) is 1. The maximum Gasteiger partial charge on any atom is 0.228 e. The molecule has 0 aliphatic heterocycles. The summed E-state index contributed by atoms with van der Waals surface area (Å²) in [6, 6.07) is 12.0. The van der Waals surface area contributed by atoms with Gasteiger partial charge >= 0.3 is 0 Å². The minimum atomic E-state index is 0.515. The van der Waals surface area contributed by atoms with Gasteiger partial charge in [-0.05, 0) is 37.3 Å². The average molecular weight is 402 g/mol. The van der Waals surface area contributed by atoms with Crippen molar-refractivity contribution in [3.05, 3.63) is 70.6 Å². The molecule has 0 radical (unpaired) electrons. The number of nitrogens with zero attached hydrogens (tertiary/aromatic N) is 7. The first-order valence-electron chi connectivity index (χ1n) is 9.13. The Kier molecular flexibility index (Phi) is 4.28. The van der Waals surface area contributed by atoms with Gasteiger partial charge in [-0.2, -0.15) is 5.10 Å². The number of aromatic nitrogens is 7. The number of rotatable bonds is 5. The van der Waals surface area contributed by atoms with E-state index < -0.39 is 0 Å². The highest BCUT2D eigenvalue weighted by Gasteiger charge is 2.10. The van der Waals surface area contributed by atoms with E-state index >= 15 is 0 Å². The molecule has 0 spiro atoms. The molecule has 0 saturated heterocycles. The summed E-state index contributed by atoms with van der Waals surface area (Å²) in [4.78, 5) is 11.5. The Labute approximate surface area is 170 Å². The average Bonchev–Trinajstić information content (AvgIpc) is 3.44. The maximum absolute atomic E-state index is 4.62. The first-order valence-corrected chi connectivity index (χ1v) is 9.95. The zero-order valence-electron chi connectivity index (χ0n) is 15.9. The lowest BCUT2D eigenvalue weighted by Crippen LogP contribution is -2.03. The molecular formula is C20H18N8S. The molecule has 9 heteroatoms. The molecule has 0 bridgehead atoms. The van der Waals surface area contributed by atoms with Crippen LogP contribution >= 0.6 is 11.3 Å². The van der Waals surface area contributed by atoms with Gasteiger partial charge in [0.2, 0.25) is 5.95 Å². The van der Waals surface area contributed by atoms with Gasteiger partial charge in [-0.3, -0.25) is 9.08 Å². The van der Waals surface area contributed by atoms with Gasteiger partial charge in [-0.15, -0.1) is 21.5 Å². The molecule has 5 heterocycles. The number of thiophene rings is 1. The third kappa shape index (κ3) is 3.47. The van der Waals surface area contributed by atoms with Crippen molar-refractivity contribution in [2.45, 2.75) is 13.3 Å². The zero-order chi connectivity index (χ0) is 19.8. The van der Waals surface area contributed by atoms with Crippen molar-refractivity contribution >= 4 is 28.8 Å². The van der Waals surface area contributed by atoms with Crippen LogP contribution in [0.1, 0.15) is 15.6 Å². The smallest absolute Gasteiger partial charge is 0.228 e. The third-order valence-corrected chi connectivity index (χ3v) is 5.62. The predicted molar refractivity (Wildman–Crippen MR) is 112 cm³/mol. The molecule has 0 unspecified atom stereocenters. The van der Waals surface area contributed by atoms with Crippen LogP contribution in [0.25, 0.3) is 16.9 Å². The van der Waals surface area contributed by atoms with Crippen LogP contribution in [0.15, 0.2) is 55.0 Å². The van der Waals surface area contributed by atoms with Crippen molar-refractivity contribution in [3.63, 3.8) is 0 Å². The Balaban J connectivity index is 1.43. The van der Waals surface area contributed by atoms with E-state index in [0.29, 0.717) is 5.95 Å². The van der Waals surface area contributed by atoms with Crippen molar-refractivity contribution in [1.82, 2.24) is 34.3 Å². The van der Waals surface area contributed by atoms with Crippen LogP contribution in [0.3, 0.4) is 0 Å². The van der Waals surface area contributed by atoms with Gasteiger partial charge in [0, 0.05) is 47.2 Å². The Morgan fingerprint density at radius 1 is 1.07 bits per heavy atom. The second kappa shape index (κ2) is 7.10. The third-order valence-electron chi connectivity index (χ3n) is 4.62. The van der Waals surface area contributed by atoms with Gasteiger partial charge in [0.05, 0.1) is 11.9 Å². The van der Waals surface area contributed by atoms with Crippen LogP contribution in [0.4, 0.5) is 11.8 Å².